The Morgan fingerprint density at radius 1 is 1.30 bits per heavy atom. The molecule has 0 spiro atoms. The van der Waals surface area contributed by atoms with Crippen LogP contribution in [0, 0.1) is 6.92 Å². The van der Waals surface area contributed by atoms with Crippen molar-refractivity contribution >= 4 is 17.3 Å². The smallest absolute Gasteiger partial charge is 0.262 e. The fourth-order valence-corrected chi connectivity index (χ4v) is 2.02. The molecule has 5 nitrogen and oxygen atoms in total. The summed E-state index contributed by atoms with van der Waals surface area (Å²) in [5.41, 5.74) is 8.07. The first kappa shape index (κ1) is 12.3. The largest absolute Gasteiger partial charge is 0.481 e. The first-order valence-electron chi connectivity index (χ1n) is 6.22. The highest BCUT2D eigenvalue weighted by Crippen LogP contribution is 2.38. The number of anilines is 2. The Labute approximate surface area is 116 Å². The Balaban J connectivity index is 1.94. The second-order valence-corrected chi connectivity index (χ2v) is 4.64. The predicted molar refractivity (Wildman–Crippen MR) is 76.2 cm³/mol. The van der Waals surface area contributed by atoms with E-state index in [9.17, 15) is 4.79 Å². The minimum Gasteiger partial charge on any atom is -0.481 e. The molecular formula is C15H14N2O3. The van der Waals surface area contributed by atoms with Crippen LogP contribution < -0.4 is 20.5 Å². The zero-order valence-electron chi connectivity index (χ0n) is 11.0. The van der Waals surface area contributed by atoms with E-state index in [0.29, 0.717) is 28.6 Å². The lowest BCUT2D eigenvalue weighted by Gasteiger charge is -2.20. The summed E-state index contributed by atoms with van der Waals surface area (Å²) in [4.78, 5) is 11.3. The molecule has 0 bridgehead atoms. The molecule has 0 unspecified atom stereocenters. The van der Waals surface area contributed by atoms with Gasteiger partial charge in [-0.05, 0) is 24.6 Å². The van der Waals surface area contributed by atoms with E-state index in [1.165, 1.54) is 0 Å². The van der Waals surface area contributed by atoms with Crippen molar-refractivity contribution in [2.45, 2.75) is 6.92 Å². The standard InChI is InChI=1S/C15H14N2O3/c1-9-3-2-4-10(5-9)20-13-7-12-14(6-11(13)16)19-8-15(18)17-12/h2-7H,8,16H2,1H3,(H,17,18). The molecule has 0 aliphatic carbocycles. The number of fused-ring (bicyclic) bond motifs is 1. The Bertz CT molecular complexity index is 683. The molecule has 0 saturated heterocycles. The zero-order valence-corrected chi connectivity index (χ0v) is 11.0. The van der Waals surface area contributed by atoms with Crippen molar-refractivity contribution in [2.75, 3.05) is 17.7 Å². The first-order chi connectivity index (χ1) is 9.61. The van der Waals surface area contributed by atoms with Crippen molar-refractivity contribution in [3.05, 3.63) is 42.0 Å². The van der Waals surface area contributed by atoms with E-state index in [2.05, 4.69) is 5.32 Å². The molecule has 3 rings (SSSR count). The zero-order chi connectivity index (χ0) is 14.1. The third kappa shape index (κ3) is 2.38. The summed E-state index contributed by atoms with van der Waals surface area (Å²) in [6.07, 6.45) is 0. The van der Waals surface area contributed by atoms with Gasteiger partial charge in [0.15, 0.2) is 12.4 Å². The van der Waals surface area contributed by atoms with Crippen molar-refractivity contribution in [2.24, 2.45) is 0 Å². The van der Waals surface area contributed by atoms with Crippen LogP contribution >= 0.6 is 0 Å². The lowest BCUT2D eigenvalue weighted by molar-refractivity contribution is -0.118. The summed E-state index contributed by atoms with van der Waals surface area (Å²) in [5.74, 6) is 1.54. The molecule has 2 aromatic carbocycles. The normalized spacial score (nSPS) is 13.2. The molecule has 1 heterocycles. The van der Waals surface area contributed by atoms with Crippen LogP contribution in [0.4, 0.5) is 11.4 Å². The van der Waals surface area contributed by atoms with E-state index in [0.717, 1.165) is 5.56 Å². The van der Waals surface area contributed by atoms with Gasteiger partial charge in [-0.2, -0.15) is 0 Å². The van der Waals surface area contributed by atoms with Crippen molar-refractivity contribution in [1.29, 1.82) is 0 Å². The molecule has 3 N–H and O–H groups in total. The van der Waals surface area contributed by atoms with E-state index in [-0.39, 0.29) is 12.5 Å². The topological polar surface area (TPSA) is 73.6 Å². The van der Waals surface area contributed by atoms with Crippen molar-refractivity contribution in [1.82, 2.24) is 0 Å². The van der Waals surface area contributed by atoms with Gasteiger partial charge in [0, 0.05) is 12.1 Å². The number of benzene rings is 2. The Morgan fingerprint density at radius 3 is 2.95 bits per heavy atom. The van der Waals surface area contributed by atoms with Crippen LogP contribution in [0.5, 0.6) is 17.2 Å². The predicted octanol–water partition coefficient (Wildman–Crippen LogP) is 2.70. The number of carbonyl (C=O) groups is 1. The average molecular weight is 270 g/mol. The number of hydrogen-bond acceptors (Lipinski definition) is 4. The molecule has 0 aromatic heterocycles. The molecule has 0 saturated carbocycles. The number of nitrogen functional groups attached to an aromatic ring is 1. The highest BCUT2D eigenvalue weighted by Gasteiger charge is 2.18. The number of amides is 1. The first-order valence-corrected chi connectivity index (χ1v) is 6.22. The summed E-state index contributed by atoms with van der Waals surface area (Å²) < 4.78 is 11.1. The number of carbonyl (C=O) groups excluding carboxylic acids is 1. The maximum atomic E-state index is 11.3. The monoisotopic (exact) mass is 270 g/mol. The van der Waals surface area contributed by atoms with Gasteiger partial charge in [0.1, 0.15) is 11.5 Å². The molecule has 102 valence electrons. The molecule has 0 atom stereocenters. The van der Waals surface area contributed by atoms with Crippen LogP contribution in [0.25, 0.3) is 0 Å². The lowest BCUT2D eigenvalue weighted by atomic mass is 10.2. The van der Waals surface area contributed by atoms with Crippen LogP contribution in [-0.4, -0.2) is 12.5 Å². The van der Waals surface area contributed by atoms with E-state index >= 15 is 0 Å². The second kappa shape index (κ2) is 4.77. The Kier molecular flexibility index (Phi) is 2.95. The van der Waals surface area contributed by atoms with Gasteiger partial charge in [-0.3, -0.25) is 4.79 Å². The molecule has 5 heteroatoms. The molecule has 0 fully saturated rings. The fraction of sp³-hybridized carbons (Fsp3) is 0.133. The van der Waals surface area contributed by atoms with Gasteiger partial charge in [-0.1, -0.05) is 12.1 Å². The van der Waals surface area contributed by atoms with Crippen LogP contribution in [0.2, 0.25) is 0 Å². The highest BCUT2D eigenvalue weighted by atomic mass is 16.5. The number of ether oxygens (including phenoxy) is 2. The van der Waals surface area contributed by atoms with Gasteiger partial charge in [-0.15, -0.1) is 0 Å². The van der Waals surface area contributed by atoms with E-state index in [1.807, 2.05) is 31.2 Å². The Hall–Kier alpha value is -2.69. The van der Waals surface area contributed by atoms with Gasteiger partial charge in [0.05, 0.1) is 11.4 Å². The van der Waals surface area contributed by atoms with E-state index in [1.54, 1.807) is 12.1 Å². The number of rotatable bonds is 2. The van der Waals surface area contributed by atoms with E-state index in [4.69, 9.17) is 15.2 Å². The maximum absolute atomic E-state index is 11.3. The molecule has 0 radical (unpaired) electrons. The summed E-state index contributed by atoms with van der Waals surface area (Å²) in [7, 11) is 0. The second-order valence-electron chi connectivity index (χ2n) is 4.64. The summed E-state index contributed by atoms with van der Waals surface area (Å²) in [6, 6.07) is 11.0. The number of aryl methyl sites for hydroxylation is 1. The van der Waals surface area contributed by atoms with Crippen LogP contribution in [0.1, 0.15) is 5.56 Å². The molecular weight excluding hydrogens is 256 g/mol. The molecule has 2 aromatic rings. The number of nitrogens with two attached hydrogens (primary N) is 1. The quantitative estimate of drug-likeness (QED) is 0.823. The SMILES string of the molecule is Cc1cccc(Oc2cc3c(cc2N)OCC(=O)N3)c1. The van der Waals surface area contributed by atoms with Gasteiger partial charge < -0.3 is 20.5 Å². The number of hydrogen-bond donors (Lipinski definition) is 2. The van der Waals surface area contributed by atoms with Gasteiger partial charge in [0.25, 0.3) is 5.91 Å². The molecule has 1 amide bonds. The van der Waals surface area contributed by atoms with Crippen molar-refractivity contribution in [3.63, 3.8) is 0 Å². The highest BCUT2D eigenvalue weighted by molar-refractivity contribution is 5.96. The van der Waals surface area contributed by atoms with Crippen molar-refractivity contribution in [3.8, 4) is 17.2 Å². The minimum absolute atomic E-state index is 0.00449. The average Bonchev–Trinajstić information content (AvgIpc) is 2.40. The molecule has 1 aliphatic rings. The fourth-order valence-electron chi connectivity index (χ4n) is 2.02. The van der Waals surface area contributed by atoms with Crippen LogP contribution in [0.15, 0.2) is 36.4 Å². The lowest BCUT2D eigenvalue weighted by Crippen LogP contribution is -2.25. The molecule has 20 heavy (non-hydrogen) atoms. The van der Waals surface area contributed by atoms with Gasteiger partial charge >= 0.3 is 0 Å². The Morgan fingerprint density at radius 2 is 2.15 bits per heavy atom. The minimum atomic E-state index is -0.191. The summed E-state index contributed by atoms with van der Waals surface area (Å²) >= 11 is 0. The third-order valence-corrected chi connectivity index (χ3v) is 2.96. The summed E-state index contributed by atoms with van der Waals surface area (Å²) in [5, 5.41) is 2.73. The maximum Gasteiger partial charge on any atom is 0.262 e. The van der Waals surface area contributed by atoms with Crippen LogP contribution in [0.3, 0.4) is 0 Å². The summed E-state index contributed by atoms with van der Waals surface area (Å²) in [6.45, 7) is 1.99. The van der Waals surface area contributed by atoms with Crippen molar-refractivity contribution < 1.29 is 14.3 Å². The van der Waals surface area contributed by atoms with E-state index < -0.39 is 0 Å². The van der Waals surface area contributed by atoms with Crippen LogP contribution in [-0.2, 0) is 4.79 Å². The van der Waals surface area contributed by atoms with Gasteiger partial charge in [-0.25, -0.2) is 0 Å². The van der Waals surface area contributed by atoms with Gasteiger partial charge in [0.2, 0.25) is 0 Å². The number of nitrogens with one attached hydrogen (secondary N) is 1. The third-order valence-electron chi connectivity index (χ3n) is 2.96. The molecule has 1 aliphatic heterocycles.